The van der Waals surface area contributed by atoms with Crippen molar-refractivity contribution in [3.8, 4) is 6.07 Å². The molecule has 0 spiro atoms. The molecule has 2 heterocycles. The normalized spacial score (nSPS) is 16.2. The Labute approximate surface area is 142 Å². The molecule has 23 heavy (non-hydrogen) atoms. The number of carbonyl (C=O) groups excluding carboxylic acids is 1. The number of nitriles is 1. The van der Waals surface area contributed by atoms with Crippen molar-refractivity contribution in [2.24, 2.45) is 5.92 Å². The van der Waals surface area contributed by atoms with Crippen LogP contribution in [0.15, 0.2) is 12.1 Å². The lowest BCUT2D eigenvalue weighted by Gasteiger charge is -2.33. The van der Waals surface area contributed by atoms with E-state index in [1.54, 1.807) is 4.90 Å². The fourth-order valence-electron chi connectivity index (χ4n) is 2.58. The van der Waals surface area contributed by atoms with Gasteiger partial charge in [0.1, 0.15) is 16.5 Å². The maximum atomic E-state index is 12.0. The molecule has 1 saturated heterocycles. The summed E-state index contributed by atoms with van der Waals surface area (Å²) in [7, 11) is 0. The molecule has 0 atom stereocenters. The van der Waals surface area contributed by atoms with Crippen molar-refractivity contribution in [1.29, 1.82) is 5.26 Å². The van der Waals surface area contributed by atoms with E-state index in [0.717, 1.165) is 43.9 Å². The molecule has 6 heteroatoms. The molecule has 0 unspecified atom stereocenters. The van der Waals surface area contributed by atoms with Crippen LogP contribution in [0.1, 0.15) is 43.4 Å². The van der Waals surface area contributed by atoms with Gasteiger partial charge in [-0.15, -0.1) is 11.3 Å². The van der Waals surface area contributed by atoms with Crippen LogP contribution in [0.5, 0.6) is 0 Å². The van der Waals surface area contributed by atoms with Crippen LogP contribution in [0, 0.1) is 17.2 Å². The zero-order valence-corrected chi connectivity index (χ0v) is 14.9. The summed E-state index contributed by atoms with van der Waals surface area (Å²) in [5.74, 6) is 0.587. The Hall–Kier alpha value is -1.58. The van der Waals surface area contributed by atoms with E-state index in [1.807, 2.05) is 32.9 Å². The third-order valence-corrected chi connectivity index (χ3v) is 4.76. The monoisotopic (exact) mass is 335 g/mol. The number of thiophene rings is 1. The molecule has 0 aliphatic carbocycles. The number of likely N-dealkylation sites (tertiary alicyclic amines) is 1. The minimum atomic E-state index is -0.432. The molecule has 1 aromatic rings. The number of nitrogens with one attached hydrogen (secondary N) is 1. The number of carbonyl (C=O) groups is 1. The van der Waals surface area contributed by atoms with Crippen molar-refractivity contribution in [2.75, 3.05) is 19.6 Å². The third kappa shape index (κ3) is 5.85. The van der Waals surface area contributed by atoms with E-state index in [2.05, 4.69) is 11.4 Å². The Bertz CT molecular complexity index is 563. The fourth-order valence-corrected chi connectivity index (χ4v) is 3.35. The predicted molar refractivity (Wildman–Crippen MR) is 91.3 cm³/mol. The highest BCUT2D eigenvalue weighted by atomic mass is 32.1. The Morgan fingerprint density at radius 3 is 2.70 bits per heavy atom. The summed E-state index contributed by atoms with van der Waals surface area (Å²) in [6.07, 6.45) is 1.80. The van der Waals surface area contributed by atoms with Crippen molar-refractivity contribution in [3.05, 3.63) is 21.9 Å². The van der Waals surface area contributed by atoms with E-state index in [-0.39, 0.29) is 6.09 Å². The molecule has 2 rings (SSSR count). The summed E-state index contributed by atoms with van der Waals surface area (Å²) in [5, 5.41) is 12.3. The third-order valence-electron chi connectivity index (χ3n) is 3.77. The lowest BCUT2D eigenvalue weighted by atomic mass is 9.97. The van der Waals surface area contributed by atoms with E-state index in [0.29, 0.717) is 5.92 Å². The number of piperidine rings is 1. The van der Waals surface area contributed by atoms with Crippen LogP contribution in [-0.4, -0.2) is 36.2 Å². The molecule has 1 fully saturated rings. The van der Waals surface area contributed by atoms with Gasteiger partial charge in [-0.1, -0.05) is 0 Å². The zero-order valence-electron chi connectivity index (χ0n) is 14.1. The number of rotatable bonds is 4. The SMILES string of the molecule is CC(C)(C)OC(=O)N1CCC(CNCc2ccc(C#N)s2)CC1. The molecule has 1 aliphatic rings. The van der Waals surface area contributed by atoms with E-state index in [4.69, 9.17) is 10.00 Å². The highest BCUT2D eigenvalue weighted by Gasteiger charge is 2.26. The van der Waals surface area contributed by atoms with Crippen LogP contribution in [0.2, 0.25) is 0 Å². The molecular formula is C17H25N3O2S. The minimum Gasteiger partial charge on any atom is -0.444 e. The van der Waals surface area contributed by atoms with Crippen LogP contribution in [0.3, 0.4) is 0 Å². The van der Waals surface area contributed by atoms with E-state index in [9.17, 15) is 4.79 Å². The van der Waals surface area contributed by atoms with Gasteiger partial charge < -0.3 is 15.0 Å². The van der Waals surface area contributed by atoms with Gasteiger partial charge in [-0.3, -0.25) is 0 Å². The number of hydrogen-bond acceptors (Lipinski definition) is 5. The van der Waals surface area contributed by atoms with E-state index in [1.165, 1.54) is 16.2 Å². The second-order valence-electron chi connectivity index (χ2n) is 6.92. The maximum absolute atomic E-state index is 12.0. The van der Waals surface area contributed by atoms with Gasteiger partial charge in [0, 0.05) is 24.5 Å². The van der Waals surface area contributed by atoms with Crippen molar-refractivity contribution in [2.45, 2.75) is 45.8 Å². The molecule has 0 aromatic carbocycles. The molecule has 0 radical (unpaired) electrons. The summed E-state index contributed by atoms with van der Waals surface area (Å²) in [5.41, 5.74) is -0.432. The van der Waals surface area contributed by atoms with Crippen LogP contribution in [0.4, 0.5) is 4.79 Å². The molecule has 1 aliphatic heterocycles. The van der Waals surface area contributed by atoms with Gasteiger partial charge in [0.25, 0.3) is 0 Å². The molecular weight excluding hydrogens is 310 g/mol. The number of amides is 1. The van der Waals surface area contributed by atoms with E-state index >= 15 is 0 Å². The predicted octanol–water partition coefficient (Wildman–Crippen LogP) is 3.36. The van der Waals surface area contributed by atoms with Crippen LogP contribution < -0.4 is 5.32 Å². The van der Waals surface area contributed by atoms with Crippen LogP contribution in [0.25, 0.3) is 0 Å². The summed E-state index contributed by atoms with van der Waals surface area (Å²) in [4.78, 5) is 15.8. The van der Waals surface area contributed by atoms with Gasteiger partial charge in [-0.2, -0.15) is 5.26 Å². The van der Waals surface area contributed by atoms with Crippen LogP contribution >= 0.6 is 11.3 Å². The average molecular weight is 335 g/mol. The second-order valence-corrected chi connectivity index (χ2v) is 8.09. The second kappa shape index (κ2) is 7.80. The first kappa shape index (κ1) is 17.8. The number of ether oxygens (including phenoxy) is 1. The zero-order chi connectivity index (χ0) is 16.9. The van der Waals surface area contributed by atoms with Crippen molar-refractivity contribution >= 4 is 17.4 Å². The van der Waals surface area contributed by atoms with Gasteiger partial charge in [-0.25, -0.2) is 4.79 Å². The van der Waals surface area contributed by atoms with Gasteiger partial charge in [0.15, 0.2) is 0 Å². The largest absolute Gasteiger partial charge is 0.444 e. The molecule has 5 nitrogen and oxygen atoms in total. The lowest BCUT2D eigenvalue weighted by molar-refractivity contribution is 0.0184. The van der Waals surface area contributed by atoms with Gasteiger partial charge in [0.2, 0.25) is 0 Å². The summed E-state index contributed by atoms with van der Waals surface area (Å²) < 4.78 is 5.41. The lowest BCUT2D eigenvalue weighted by Crippen LogP contribution is -2.43. The van der Waals surface area contributed by atoms with Crippen molar-refractivity contribution in [1.82, 2.24) is 10.2 Å². The first-order valence-electron chi connectivity index (χ1n) is 8.05. The fraction of sp³-hybridized carbons (Fsp3) is 0.647. The highest BCUT2D eigenvalue weighted by Crippen LogP contribution is 2.20. The molecule has 1 amide bonds. The topological polar surface area (TPSA) is 65.4 Å². The maximum Gasteiger partial charge on any atom is 0.410 e. The Balaban J connectivity index is 1.67. The van der Waals surface area contributed by atoms with Gasteiger partial charge >= 0.3 is 6.09 Å². The standard InChI is InChI=1S/C17H25N3O2S/c1-17(2,3)22-16(21)20-8-6-13(7-9-20)11-19-12-15-5-4-14(10-18)23-15/h4-5,13,19H,6-9,11-12H2,1-3H3. The molecule has 0 bridgehead atoms. The van der Waals surface area contributed by atoms with E-state index < -0.39 is 5.60 Å². The Morgan fingerprint density at radius 2 is 2.13 bits per heavy atom. The first-order valence-corrected chi connectivity index (χ1v) is 8.86. The quantitative estimate of drug-likeness (QED) is 0.916. The van der Waals surface area contributed by atoms with Crippen molar-refractivity contribution < 1.29 is 9.53 Å². The average Bonchev–Trinajstić information content (AvgIpc) is 2.94. The molecule has 0 saturated carbocycles. The molecule has 126 valence electrons. The molecule has 1 N–H and O–H groups in total. The number of hydrogen-bond donors (Lipinski definition) is 1. The summed E-state index contributed by atoms with van der Waals surface area (Å²) in [6, 6.07) is 6.02. The van der Waals surface area contributed by atoms with Gasteiger partial charge in [0.05, 0.1) is 0 Å². The first-order chi connectivity index (χ1) is 10.9. The Kier molecular flexibility index (Phi) is 6.03. The molecule has 1 aromatic heterocycles. The van der Waals surface area contributed by atoms with Crippen LogP contribution in [-0.2, 0) is 11.3 Å². The highest BCUT2D eigenvalue weighted by molar-refractivity contribution is 7.12. The van der Waals surface area contributed by atoms with Gasteiger partial charge in [-0.05, 0) is 58.2 Å². The Morgan fingerprint density at radius 1 is 1.43 bits per heavy atom. The minimum absolute atomic E-state index is 0.202. The summed E-state index contributed by atoms with van der Waals surface area (Å²) >= 11 is 1.54. The number of nitrogens with zero attached hydrogens (tertiary/aromatic N) is 2. The smallest absolute Gasteiger partial charge is 0.410 e. The van der Waals surface area contributed by atoms with Crippen molar-refractivity contribution in [3.63, 3.8) is 0 Å². The summed E-state index contributed by atoms with van der Waals surface area (Å²) in [6.45, 7) is 8.95.